The van der Waals surface area contributed by atoms with Crippen LogP contribution in [0.4, 0.5) is 8.78 Å². The number of nitriles is 1. The first-order valence-electron chi connectivity index (χ1n) is 5.11. The minimum atomic E-state index is -2.99. The van der Waals surface area contributed by atoms with Crippen molar-refractivity contribution in [3.05, 3.63) is 29.3 Å². The number of hydrogen-bond donors (Lipinski definition) is 0. The molecule has 0 saturated carbocycles. The quantitative estimate of drug-likeness (QED) is 0.758. The first-order chi connectivity index (χ1) is 8.58. The van der Waals surface area contributed by atoms with Crippen LogP contribution in [0.25, 0.3) is 0 Å². The Hall–Kier alpha value is -2.16. The number of benzene rings is 1. The summed E-state index contributed by atoms with van der Waals surface area (Å²) in [4.78, 5) is 11.3. The molecule has 0 atom stereocenters. The number of rotatable bonds is 5. The van der Waals surface area contributed by atoms with Crippen LogP contribution in [0.1, 0.15) is 22.3 Å². The van der Waals surface area contributed by atoms with Gasteiger partial charge >= 0.3 is 12.6 Å². The van der Waals surface area contributed by atoms with Crippen LogP contribution in [0.5, 0.6) is 5.75 Å². The van der Waals surface area contributed by atoms with Gasteiger partial charge in [-0.25, -0.2) is 4.79 Å². The van der Waals surface area contributed by atoms with Crippen LogP contribution in [-0.4, -0.2) is 19.7 Å². The van der Waals surface area contributed by atoms with E-state index in [9.17, 15) is 13.6 Å². The number of carbonyl (C=O) groups is 1. The Morgan fingerprint density at radius 2 is 2.22 bits per heavy atom. The Kier molecular flexibility index (Phi) is 5.06. The van der Waals surface area contributed by atoms with E-state index in [0.717, 1.165) is 0 Å². The zero-order valence-electron chi connectivity index (χ0n) is 9.65. The van der Waals surface area contributed by atoms with Crippen molar-refractivity contribution >= 4 is 5.97 Å². The van der Waals surface area contributed by atoms with Crippen molar-refractivity contribution in [2.45, 2.75) is 19.5 Å². The molecule has 0 aliphatic rings. The number of ether oxygens (including phenoxy) is 2. The average Bonchev–Trinajstić information content (AvgIpc) is 2.35. The van der Waals surface area contributed by atoms with Gasteiger partial charge in [0.15, 0.2) is 0 Å². The summed E-state index contributed by atoms with van der Waals surface area (Å²) in [6, 6.07) is 6.01. The molecule has 1 aromatic carbocycles. The van der Waals surface area contributed by atoms with Gasteiger partial charge in [-0.1, -0.05) is 6.07 Å². The number of halogens is 2. The van der Waals surface area contributed by atoms with Gasteiger partial charge in [0.05, 0.1) is 18.7 Å². The Labute approximate surface area is 103 Å². The Bertz CT molecular complexity index is 469. The number of hydrogen-bond acceptors (Lipinski definition) is 4. The average molecular weight is 255 g/mol. The first-order valence-corrected chi connectivity index (χ1v) is 5.11. The van der Waals surface area contributed by atoms with Crippen LogP contribution in [0.15, 0.2) is 18.2 Å². The second-order valence-corrected chi connectivity index (χ2v) is 3.35. The predicted octanol–water partition coefficient (Wildman–Crippen LogP) is 2.53. The van der Waals surface area contributed by atoms with Crippen molar-refractivity contribution in [1.82, 2.24) is 0 Å². The standard InChI is InChI=1S/C12H11F2NO3/c1-17-11(16)9-5-4-8(3-2-6-15)10(7-9)18-12(13)14/h4-5,7,12H,2-3H2,1H3. The van der Waals surface area contributed by atoms with Crippen molar-refractivity contribution in [3.63, 3.8) is 0 Å². The highest BCUT2D eigenvalue weighted by Gasteiger charge is 2.14. The summed E-state index contributed by atoms with van der Waals surface area (Å²) in [6.45, 7) is -2.99. The molecule has 0 saturated heterocycles. The van der Waals surface area contributed by atoms with Gasteiger partial charge in [0.2, 0.25) is 0 Å². The Balaban J connectivity index is 3.04. The molecule has 0 aromatic heterocycles. The molecule has 1 aromatic rings. The fourth-order valence-electron chi connectivity index (χ4n) is 1.40. The molecule has 0 heterocycles. The Morgan fingerprint density at radius 1 is 1.50 bits per heavy atom. The molecule has 0 N–H and O–H groups in total. The highest BCUT2D eigenvalue weighted by molar-refractivity contribution is 5.89. The molecule has 6 heteroatoms. The fraction of sp³-hybridized carbons (Fsp3) is 0.333. The fourth-order valence-corrected chi connectivity index (χ4v) is 1.40. The van der Waals surface area contributed by atoms with Crippen molar-refractivity contribution in [3.8, 4) is 11.8 Å². The van der Waals surface area contributed by atoms with E-state index < -0.39 is 12.6 Å². The molecular formula is C12H11F2NO3. The molecule has 0 unspecified atom stereocenters. The number of nitrogens with zero attached hydrogens (tertiary/aromatic N) is 1. The molecule has 0 radical (unpaired) electrons. The molecule has 1 rings (SSSR count). The second-order valence-electron chi connectivity index (χ2n) is 3.35. The SMILES string of the molecule is COC(=O)c1ccc(CCC#N)c(OC(F)F)c1. The molecule has 96 valence electrons. The van der Waals surface area contributed by atoms with Crippen LogP contribution in [0.3, 0.4) is 0 Å². The van der Waals surface area contributed by atoms with Crippen LogP contribution < -0.4 is 4.74 Å². The van der Waals surface area contributed by atoms with Crippen LogP contribution in [0.2, 0.25) is 0 Å². The van der Waals surface area contributed by atoms with Gasteiger partial charge in [-0.15, -0.1) is 0 Å². The minimum Gasteiger partial charge on any atom is -0.465 e. The van der Waals surface area contributed by atoms with E-state index in [1.165, 1.54) is 25.3 Å². The van der Waals surface area contributed by atoms with E-state index in [2.05, 4.69) is 9.47 Å². The van der Waals surface area contributed by atoms with Gasteiger partial charge in [0, 0.05) is 6.42 Å². The van der Waals surface area contributed by atoms with Gasteiger partial charge in [0.25, 0.3) is 0 Å². The van der Waals surface area contributed by atoms with Gasteiger partial charge < -0.3 is 9.47 Å². The Morgan fingerprint density at radius 3 is 2.78 bits per heavy atom. The van der Waals surface area contributed by atoms with E-state index in [-0.39, 0.29) is 24.2 Å². The topological polar surface area (TPSA) is 59.3 Å². The second kappa shape index (κ2) is 6.55. The smallest absolute Gasteiger partial charge is 0.387 e. The van der Waals surface area contributed by atoms with E-state index in [1.807, 2.05) is 6.07 Å². The van der Waals surface area contributed by atoms with Gasteiger partial charge in [0.1, 0.15) is 5.75 Å². The maximum Gasteiger partial charge on any atom is 0.387 e. The molecule has 18 heavy (non-hydrogen) atoms. The van der Waals surface area contributed by atoms with E-state index >= 15 is 0 Å². The molecule has 0 amide bonds. The number of carbonyl (C=O) groups excluding carboxylic acids is 1. The lowest BCUT2D eigenvalue weighted by atomic mass is 10.1. The molecule has 0 aliphatic heterocycles. The third-order valence-electron chi connectivity index (χ3n) is 2.21. The van der Waals surface area contributed by atoms with E-state index in [1.54, 1.807) is 0 Å². The lowest BCUT2D eigenvalue weighted by Crippen LogP contribution is -2.07. The largest absolute Gasteiger partial charge is 0.465 e. The summed E-state index contributed by atoms with van der Waals surface area (Å²) in [6.07, 6.45) is 0.456. The van der Waals surface area contributed by atoms with Gasteiger partial charge in [-0.2, -0.15) is 14.0 Å². The number of alkyl halides is 2. The summed E-state index contributed by atoms with van der Waals surface area (Å²) in [5.74, 6) is -0.746. The predicted molar refractivity (Wildman–Crippen MR) is 58.3 cm³/mol. The lowest BCUT2D eigenvalue weighted by Gasteiger charge is -2.11. The summed E-state index contributed by atoms with van der Waals surface area (Å²) in [5, 5.41) is 8.47. The van der Waals surface area contributed by atoms with Crippen molar-refractivity contribution in [1.29, 1.82) is 5.26 Å². The number of aryl methyl sites for hydroxylation is 1. The zero-order valence-corrected chi connectivity index (χ0v) is 9.65. The van der Waals surface area contributed by atoms with Crippen LogP contribution in [-0.2, 0) is 11.2 Å². The highest BCUT2D eigenvalue weighted by Crippen LogP contribution is 2.24. The molecule has 0 spiro atoms. The number of methoxy groups -OCH3 is 1. The monoisotopic (exact) mass is 255 g/mol. The van der Waals surface area contributed by atoms with Crippen molar-refractivity contribution < 1.29 is 23.0 Å². The van der Waals surface area contributed by atoms with Gasteiger partial charge in [-0.3, -0.25) is 0 Å². The summed E-state index contributed by atoms with van der Waals surface area (Å²) < 4.78 is 33.3. The van der Waals surface area contributed by atoms with E-state index in [4.69, 9.17) is 5.26 Å². The molecule has 0 aliphatic carbocycles. The molecule has 0 fully saturated rings. The van der Waals surface area contributed by atoms with E-state index in [0.29, 0.717) is 5.56 Å². The summed E-state index contributed by atoms with van der Waals surface area (Å²) >= 11 is 0. The van der Waals surface area contributed by atoms with Crippen LogP contribution in [0, 0.1) is 11.3 Å². The third-order valence-corrected chi connectivity index (χ3v) is 2.21. The first kappa shape index (κ1) is 13.9. The minimum absolute atomic E-state index is 0.108. The third kappa shape index (κ3) is 3.70. The normalized spacial score (nSPS) is 9.94. The molecule has 4 nitrogen and oxygen atoms in total. The maximum atomic E-state index is 12.2. The maximum absolute atomic E-state index is 12.2. The number of esters is 1. The zero-order chi connectivity index (χ0) is 13.5. The molecular weight excluding hydrogens is 244 g/mol. The highest BCUT2D eigenvalue weighted by atomic mass is 19.3. The van der Waals surface area contributed by atoms with Crippen molar-refractivity contribution in [2.24, 2.45) is 0 Å². The van der Waals surface area contributed by atoms with Crippen LogP contribution >= 0.6 is 0 Å². The summed E-state index contributed by atoms with van der Waals surface area (Å²) in [7, 11) is 1.19. The summed E-state index contributed by atoms with van der Waals surface area (Å²) in [5.41, 5.74) is 0.568. The van der Waals surface area contributed by atoms with Crippen molar-refractivity contribution in [2.75, 3.05) is 7.11 Å². The molecule has 0 bridgehead atoms. The lowest BCUT2D eigenvalue weighted by molar-refractivity contribution is -0.0505. The van der Waals surface area contributed by atoms with Gasteiger partial charge in [-0.05, 0) is 24.1 Å².